The van der Waals surface area contributed by atoms with E-state index in [2.05, 4.69) is 5.32 Å². The first-order valence-corrected chi connectivity index (χ1v) is 8.24. The van der Waals surface area contributed by atoms with Crippen molar-refractivity contribution in [3.63, 3.8) is 0 Å². The van der Waals surface area contributed by atoms with E-state index < -0.39 is 0 Å². The Hall–Kier alpha value is -1.13. The summed E-state index contributed by atoms with van der Waals surface area (Å²) in [5, 5.41) is 3.43. The van der Waals surface area contributed by atoms with Gasteiger partial charge in [-0.05, 0) is 30.5 Å². The standard InChI is InChI=1S/C16H21ClN2OS/c17-12-7-8-13(16(18)21)14(10-12)19-15(20)9-6-11-4-2-1-3-5-11/h7-8,10-11H,1-6,9H2,(H2,18,21)(H,19,20). The fraction of sp³-hybridized carbons (Fsp3) is 0.500. The summed E-state index contributed by atoms with van der Waals surface area (Å²) in [6, 6.07) is 5.14. The summed E-state index contributed by atoms with van der Waals surface area (Å²) < 4.78 is 0. The third-order valence-corrected chi connectivity index (χ3v) is 4.48. The Labute approximate surface area is 136 Å². The molecular weight excluding hydrogens is 304 g/mol. The average molecular weight is 325 g/mol. The van der Waals surface area contributed by atoms with Gasteiger partial charge in [-0.15, -0.1) is 0 Å². The van der Waals surface area contributed by atoms with Gasteiger partial charge in [0, 0.05) is 17.0 Å². The van der Waals surface area contributed by atoms with Gasteiger partial charge in [0.25, 0.3) is 0 Å². The summed E-state index contributed by atoms with van der Waals surface area (Å²) in [6.07, 6.45) is 7.93. The Morgan fingerprint density at radius 1 is 1.33 bits per heavy atom. The van der Waals surface area contributed by atoms with Gasteiger partial charge in [-0.2, -0.15) is 0 Å². The van der Waals surface area contributed by atoms with E-state index in [0.29, 0.717) is 28.6 Å². The van der Waals surface area contributed by atoms with Crippen molar-refractivity contribution < 1.29 is 4.79 Å². The largest absolute Gasteiger partial charge is 0.389 e. The number of hydrogen-bond donors (Lipinski definition) is 2. The molecule has 2 rings (SSSR count). The van der Waals surface area contributed by atoms with Crippen LogP contribution in [0.2, 0.25) is 5.02 Å². The molecule has 0 heterocycles. The predicted octanol–water partition coefficient (Wildman–Crippen LogP) is 4.27. The van der Waals surface area contributed by atoms with Crippen molar-refractivity contribution >= 4 is 40.4 Å². The monoisotopic (exact) mass is 324 g/mol. The molecule has 0 saturated heterocycles. The summed E-state index contributed by atoms with van der Waals surface area (Å²) in [7, 11) is 0. The molecule has 0 atom stereocenters. The third kappa shape index (κ3) is 4.97. The molecule has 0 radical (unpaired) electrons. The number of benzene rings is 1. The number of carbonyl (C=O) groups excluding carboxylic acids is 1. The highest BCUT2D eigenvalue weighted by Crippen LogP contribution is 2.27. The lowest BCUT2D eigenvalue weighted by Crippen LogP contribution is -2.18. The molecular formula is C16H21ClN2OS. The second kappa shape index (κ2) is 7.76. The van der Waals surface area contributed by atoms with Crippen molar-refractivity contribution in [3.05, 3.63) is 28.8 Å². The van der Waals surface area contributed by atoms with Crippen LogP contribution in [0.1, 0.15) is 50.5 Å². The minimum Gasteiger partial charge on any atom is -0.389 e. The van der Waals surface area contributed by atoms with Crippen LogP contribution in [0.25, 0.3) is 0 Å². The molecule has 0 aromatic heterocycles. The highest BCUT2D eigenvalue weighted by molar-refractivity contribution is 7.80. The Kier molecular flexibility index (Phi) is 6.00. The van der Waals surface area contributed by atoms with Crippen molar-refractivity contribution in [2.75, 3.05) is 5.32 Å². The van der Waals surface area contributed by atoms with E-state index in [1.807, 2.05) is 0 Å². The lowest BCUT2D eigenvalue weighted by molar-refractivity contribution is -0.116. The lowest BCUT2D eigenvalue weighted by Gasteiger charge is -2.21. The molecule has 3 nitrogen and oxygen atoms in total. The molecule has 1 fully saturated rings. The van der Waals surface area contributed by atoms with Crippen LogP contribution in [0.4, 0.5) is 5.69 Å². The topological polar surface area (TPSA) is 55.1 Å². The number of anilines is 1. The number of rotatable bonds is 5. The van der Waals surface area contributed by atoms with E-state index in [1.165, 1.54) is 32.1 Å². The fourth-order valence-corrected chi connectivity index (χ4v) is 3.21. The number of nitrogens with two attached hydrogens (primary N) is 1. The van der Waals surface area contributed by atoms with Crippen LogP contribution in [0.5, 0.6) is 0 Å². The molecule has 3 N–H and O–H groups in total. The molecule has 114 valence electrons. The minimum atomic E-state index is 0.000315. The van der Waals surface area contributed by atoms with Crippen molar-refractivity contribution in [1.82, 2.24) is 0 Å². The van der Waals surface area contributed by atoms with Gasteiger partial charge in [-0.1, -0.05) is 55.9 Å². The fourth-order valence-electron chi connectivity index (χ4n) is 2.86. The number of nitrogens with one attached hydrogen (secondary N) is 1. The van der Waals surface area contributed by atoms with Crippen LogP contribution in [-0.2, 0) is 4.79 Å². The van der Waals surface area contributed by atoms with Crippen LogP contribution in [-0.4, -0.2) is 10.9 Å². The molecule has 0 unspecified atom stereocenters. The maximum atomic E-state index is 12.1. The van der Waals surface area contributed by atoms with Crippen LogP contribution < -0.4 is 11.1 Å². The number of amides is 1. The Bertz CT molecular complexity index is 527. The van der Waals surface area contributed by atoms with Gasteiger partial charge in [0.05, 0.1) is 5.69 Å². The smallest absolute Gasteiger partial charge is 0.224 e. The molecule has 1 amide bonds. The molecule has 1 aromatic rings. The van der Waals surface area contributed by atoms with Crippen LogP contribution in [0.3, 0.4) is 0 Å². The summed E-state index contributed by atoms with van der Waals surface area (Å²) in [6.45, 7) is 0. The number of thiocarbonyl (C=S) groups is 1. The van der Waals surface area contributed by atoms with E-state index in [1.54, 1.807) is 18.2 Å². The molecule has 0 bridgehead atoms. The predicted molar refractivity (Wildman–Crippen MR) is 91.8 cm³/mol. The van der Waals surface area contributed by atoms with Crippen molar-refractivity contribution in [2.24, 2.45) is 11.7 Å². The maximum absolute atomic E-state index is 12.1. The molecule has 0 spiro atoms. The number of carbonyl (C=O) groups is 1. The molecule has 5 heteroatoms. The zero-order valence-electron chi connectivity index (χ0n) is 12.0. The SMILES string of the molecule is NC(=S)c1ccc(Cl)cc1NC(=O)CCC1CCCCC1. The average Bonchev–Trinajstić information content (AvgIpc) is 2.46. The van der Waals surface area contributed by atoms with Gasteiger partial charge in [0.2, 0.25) is 5.91 Å². The summed E-state index contributed by atoms with van der Waals surface area (Å²) in [4.78, 5) is 12.4. The lowest BCUT2D eigenvalue weighted by atomic mass is 9.86. The molecule has 0 aliphatic heterocycles. The molecule has 21 heavy (non-hydrogen) atoms. The van der Waals surface area contributed by atoms with Gasteiger partial charge in [-0.25, -0.2) is 0 Å². The second-order valence-electron chi connectivity index (χ2n) is 5.65. The molecule has 1 aliphatic carbocycles. The Balaban J connectivity index is 1.92. The number of halogens is 1. The number of hydrogen-bond acceptors (Lipinski definition) is 2. The third-order valence-electron chi connectivity index (χ3n) is 4.03. The molecule has 1 saturated carbocycles. The van der Waals surface area contributed by atoms with E-state index in [-0.39, 0.29) is 10.9 Å². The first kappa shape index (κ1) is 16.2. The first-order valence-electron chi connectivity index (χ1n) is 7.45. The van der Waals surface area contributed by atoms with Crippen molar-refractivity contribution in [2.45, 2.75) is 44.9 Å². The summed E-state index contributed by atoms with van der Waals surface area (Å²) in [5.41, 5.74) is 6.92. The zero-order valence-corrected chi connectivity index (χ0v) is 13.6. The van der Waals surface area contributed by atoms with Gasteiger partial charge >= 0.3 is 0 Å². The minimum absolute atomic E-state index is 0.000315. The van der Waals surface area contributed by atoms with Crippen molar-refractivity contribution in [1.29, 1.82) is 0 Å². The highest BCUT2D eigenvalue weighted by Gasteiger charge is 2.16. The van der Waals surface area contributed by atoms with E-state index in [9.17, 15) is 4.79 Å². The molecule has 1 aliphatic rings. The quantitative estimate of drug-likeness (QED) is 0.795. The van der Waals surface area contributed by atoms with E-state index in [4.69, 9.17) is 29.6 Å². The van der Waals surface area contributed by atoms with Crippen LogP contribution in [0.15, 0.2) is 18.2 Å². The van der Waals surface area contributed by atoms with Crippen LogP contribution >= 0.6 is 23.8 Å². The van der Waals surface area contributed by atoms with E-state index in [0.717, 1.165) is 6.42 Å². The van der Waals surface area contributed by atoms with Gasteiger partial charge in [0.15, 0.2) is 0 Å². The van der Waals surface area contributed by atoms with E-state index >= 15 is 0 Å². The summed E-state index contributed by atoms with van der Waals surface area (Å²) in [5.74, 6) is 0.694. The zero-order chi connectivity index (χ0) is 15.2. The summed E-state index contributed by atoms with van der Waals surface area (Å²) >= 11 is 11.0. The Morgan fingerprint density at radius 2 is 2.05 bits per heavy atom. The second-order valence-corrected chi connectivity index (χ2v) is 6.52. The highest BCUT2D eigenvalue weighted by atomic mass is 35.5. The first-order chi connectivity index (χ1) is 10.1. The normalized spacial score (nSPS) is 15.7. The van der Waals surface area contributed by atoms with Gasteiger partial charge in [-0.3, -0.25) is 4.79 Å². The van der Waals surface area contributed by atoms with Gasteiger partial charge < -0.3 is 11.1 Å². The van der Waals surface area contributed by atoms with Crippen molar-refractivity contribution in [3.8, 4) is 0 Å². The molecule has 1 aromatic carbocycles. The van der Waals surface area contributed by atoms with Gasteiger partial charge in [0.1, 0.15) is 4.99 Å². The van der Waals surface area contributed by atoms with Crippen LogP contribution in [0, 0.1) is 5.92 Å². The Morgan fingerprint density at radius 3 is 2.71 bits per heavy atom. The maximum Gasteiger partial charge on any atom is 0.224 e.